The van der Waals surface area contributed by atoms with Gasteiger partial charge in [0.2, 0.25) is 5.91 Å². The Hall–Kier alpha value is -1.10. The molecule has 0 saturated heterocycles. The zero-order valence-electron chi connectivity index (χ0n) is 8.93. The van der Waals surface area contributed by atoms with Crippen LogP contribution in [-0.4, -0.2) is 17.9 Å². The van der Waals surface area contributed by atoms with Gasteiger partial charge in [-0.25, -0.2) is 8.78 Å². The molecular formula is C11H13F2NOS. The van der Waals surface area contributed by atoms with Crippen molar-refractivity contribution in [1.82, 2.24) is 0 Å². The number of hydrogen-bond donors (Lipinski definition) is 1. The lowest BCUT2D eigenvalue weighted by atomic mass is 10.2. The first-order chi connectivity index (χ1) is 7.63. The molecule has 1 aromatic carbocycles. The van der Waals surface area contributed by atoms with Gasteiger partial charge >= 0.3 is 0 Å². The third-order valence-electron chi connectivity index (χ3n) is 1.95. The summed E-state index contributed by atoms with van der Waals surface area (Å²) in [5.41, 5.74) is -0.103. The van der Waals surface area contributed by atoms with Crippen molar-refractivity contribution in [1.29, 1.82) is 0 Å². The number of carbonyl (C=O) groups is 1. The van der Waals surface area contributed by atoms with Crippen molar-refractivity contribution in [2.45, 2.75) is 12.8 Å². The quantitative estimate of drug-likeness (QED) is 0.808. The van der Waals surface area contributed by atoms with E-state index >= 15 is 0 Å². The van der Waals surface area contributed by atoms with Gasteiger partial charge in [-0.1, -0.05) is 0 Å². The number of carbonyl (C=O) groups excluding carboxylic acids is 1. The van der Waals surface area contributed by atoms with Gasteiger partial charge in [-0.15, -0.1) is 0 Å². The Morgan fingerprint density at radius 1 is 1.44 bits per heavy atom. The highest BCUT2D eigenvalue weighted by Gasteiger charge is 2.07. The first-order valence-corrected chi connectivity index (χ1v) is 6.26. The molecule has 16 heavy (non-hydrogen) atoms. The molecule has 1 amide bonds. The second-order valence-electron chi connectivity index (χ2n) is 3.27. The minimum Gasteiger partial charge on any atom is -0.324 e. The van der Waals surface area contributed by atoms with Gasteiger partial charge in [0.15, 0.2) is 0 Å². The topological polar surface area (TPSA) is 29.1 Å². The highest BCUT2D eigenvalue weighted by molar-refractivity contribution is 7.98. The molecule has 0 aromatic heterocycles. The summed E-state index contributed by atoms with van der Waals surface area (Å²) in [5, 5.41) is 2.35. The molecule has 0 saturated carbocycles. The van der Waals surface area contributed by atoms with Crippen LogP contribution in [0.15, 0.2) is 18.2 Å². The minimum absolute atomic E-state index is 0.103. The number of thioether (sulfide) groups is 1. The molecule has 0 spiro atoms. The summed E-state index contributed by atoms with van der Waals surface area (Å²) in [6.45, 7) is 0. The van der Waals surface area contributed by atoms with Gasteiger partial charge in [0, 0.05) is 12.5 Å². The molecular weight excluding hydrogens is 232 g/mol. The molecule has 0 aliphatic rings. The number of halogens is 2. The fourth-order valence-electron chi connectivity index (χ4n) is 1.18. The van der Waals surface area contributed by atoms with Gasteiger partial charge in [-0.3, -0.25) is 4.79 Å². The zero-order chi connectivity index (χ0) is 12.0. The maximum absolute atomic E-state index is 13.1. The molecule has 0 atom stereocenters. The number of hydrogen-bond acceptors (Lipinski definition) is 2. The average molecular weight is 245 g/mol. The van der Waals surface area contributed by atoms with Crippen molar-refractivity contribution < 1.29 is 13.6 Å². The Labute approximate surface area is 97.4 Å². The van der Waals surface area contributed by atoms with Crippen LogP contribution in [0.5, 0.6) is 0 Å². The molecule has 1 aromatic rings. The molecule has 88 valence electrons. The molecule has 0 aliphatic carbocycles. The molecule has 5 heteroatoms. The largest absolute Gasteiger partial charge is 0.324 e. The number of benzene rings is 1. The standard InChI is InChI=1S/C11H13F2NOS/c1-16-6-2-3-11(15)14-10-7-8(12)4-5-9(10)13/h4-5,7H,2-3,6H2,1H3,(H,14,15). The van der Waals surface area contributed by atoms with Gasteiger partial charge in [-0.05, 0) is 30.6 Å². The van der Waals surface area contributed by atoms with Crippen LogP contribution in [0.4, 0.5) is 14.5 Å². The van der Waals surface area contributed by atoms with Crippen LogP contribution in [0.1, 0.15) is 12.8 Å². The van der Waals surface area contributed by atoms with Gasteiger partial charge in [0.05, 0.1) is 5.69 Å². The van der Waals surface area contributed by atoms with Gasteiger partial charge in [-0.2, -0.15) is 11.8 Å². The molecule has 0 unspecified atom stereocenters. The number of nitrogens with one attached hydrogen (secondary N) is 1. The minimum atomic E-state index is -0.625. The summed E-state index contributed by atoms with van der Waals surface area (Å²) < 4.78 is 25.9. The Balaban J connectivity index is 2.52. The summed E-state index contributed by atoms with van der Waals surface area (Å²) in [6.07, 6.45) is 2.99. The number of amides is 1. The van der Waals surface area contributed by atoms with E-state index in [9.17, 15) is 13.6 Å². The molecule has 0 aliphatic heterocycles. The van der Waals surface area contributed by atoms with Gasteiger partial charge in [0.25, 0.3) is 0 Å². The van der Waals surface area contributed by atoms with E-state index in [2.05, 4.69) is 5.32 Å². The zero-order valence-corrected chi connectivity index (χ0v) is 9.74. The molecule has 1 N–H and O–H groups in total. The van der Waals surface area contributed by atoms with Crippen LogP contribution >= 0.6 is 11.8 Å². The van der Waals surface area contributed by atoms with Gasteiger partial charge in [0.1, 0.15) is 11.6 Å². The van der Waals surface area contributed by atoms with Crippen molar-refractivity contribution in [2.24, 2.45) is 0 Å². The lowest BCUT2D eigenvalue weighted by molar-refractivity contribution is -0.116. The highest BCUT2D eigenvalue weighted by atomic mass is 32.2. The predicted molar refractivity (Wildman–Crippen MR) is 62.6 cm³/mol. The van der Waals surface area contributed by atoms with E-state index in [0.29, 0.717) is 6.42 Å². The Morgan fingerprint density at radius 2 is 2.19 bits per heavy atom. The van der Waals surface area contributed by atoms with E-state index in [1.165, 1.54) is 0 Å². The fraction of sp³-hybridized carbons (Fsp3) is 0.364. The lowest BCUT2D eigenvalue weighted by Gasteiger charge is -2.05. The van der Waals surface area contributed by atoms with E-state index in [1.54, 1.807) is 11.8 Å². The predicted octanol–water partition coefficient (Wildman–Crippen LogP) is 3.05. The average Bonchev–Trinajstić information content (AvgIpc) is 2.24. The van der Waals surface area contributed by atoms with Gasteiger partial charge < -0.3 is 5.32 Å². The van der Waals surface area contributed by atoms with Crippen LogP contribution in [0.3, 0.4) is 0 Å². The van der Waals surface area contributed by atoms with E-state index < -0.39 is 11.6 Å². The first-order valence-electron chi connectivity index (χ1n) is 4.87. The van der Waals surface area contributed by atoms with Crippen LogP contribution in [0, 0.1) is 11.6 Å². The lowest BCUT2D eigenvalue weighted by Crippen LogP contribution is -2.12. The highest BCUT2D eigenvalue weighted by Crippen LogP contribution is 2.15. The van der Waals surface area contributed by atoms with E-state index in [4.69, 9.17) is 0 Å². The maximum Gasteiger partial charge on any atom is 0.224 e. The Morgan fingerprint density at radius 3 is 2.88 bits per heavy atom. The Kier molecular flexibility index (Phi) is 5.25. The van der Waals surface area contributed by atoms with Crippen LogP contribution in [-0.2, 0) is 4.79 Å². The monoisotopic (exact) mass is 245 g/mol. The third-order valence-corrected chi connectivity index (χ3v) is 2.65. The van der Waals surface area contributed by atoms with E-state index in [0.717, 1.165) is 30.4 Å². The molecule has 2 nitrogen and oxygen atoms in total. The van der Waals surface area contributed by atoms with E-state index in [1.807, 2.05) is 6.26 Å². The second kappa shape index (κ2) is 6.48. The molecule has 0 radical (unpaired) electrons. The molecule has 1 rings (SSSR count). The maximum atomic E-state index is 13.1. The summed E-state index contributed by atoms with van der Waals surface area (Å²) >= 11 is 1.64. The summed E-state index contributed by atoms with van der Waals surface area (Å²) in [5.74, 6) is -0.613. The summed E-state index contributed by atoms with van der Waals surface area (Å²) in [7, 11) is 0. The van der Waals surface area contributed by atoms with Crippen LogP contribution < -0.4 is 5.32 Å². The molecule has 0 bridgehead atoms. The summed E-state index contributed by atoms with van der Waals surface area (Å²) in [4.78, 5) is 11.3. The van der Waals surface area contributed by atoms with Crippen LogP contribution in [0.25, 0.3) is 0 Å². The van der Waals surface area contributed by atoms with Crippen molar-refractivity contribution >= 4 is 23.4 Å². The molecule has 0 heterocycles. The van der Waals surface area contributed by atoms with Crippen molar-refractivity contribution in [3.8, 4) is 0 Å². The summed E-state index contributed by atoms with van der Waals surface area (Å²) in [6, 6.07) is 2.98. The third kappa shape index (κ3) is 4.18. The van der Waals surface area contributed by atoms with Crippen molar-refractivity contribution in [3.05, 3.63) is 29.8 Å². The first kappa shape index (κ1) is 13.0. The fourth-order valence-corrected chi connectivity index (χ4v) is 1.62. The van der Waals surface area contributed by atoms with Crippen molar-refractivity contribution in [2.75, 3.05) is 17.3 Å². The normalized spacial score (nSPS) is 10.2. The van der Waals surface area contributed by atoms with Crippen molar-refractivity contribution in [3.63, 3.8) is 0 Å². The Bertz CT molecular complexity index is 371. The van der Waals surface area contributed by atoms with E-state index in [-0.39, 0.29) is 11.6 Å². The smallest absolute Gasteiger partial charge is 0.224 e. The second-order valence-corrected chi connectivity index (χ2v) is 4.25. The van der Waals surface area contributed by atoms with Crippen LogP contribution in [0.2, 0.25) is 0 Å². The SMILES string of the molecule is CSCCCC(=O)Nc1cc(F)ccc1F. The number of rotatable bonds is 5. The number of anilines is 1. The molecule has 0 fully saturated rings.